The summed E-state index contributed by atoms with van der Waals surface area (Å²) < 4.78 is 0. The predicted molar refractivity (Wildman–Crippen MR) is 69.0 cm³/mol. The van der Waals surface area contributed by atoms with E-state index in [1.54, 1.807) is 30.4 Å². The number of rotatable bonds is 1. The minimum Gasteiger partial charge on any atom is -0.399 e. The van der Waals surface area contributed by atoms with Crippen LogP contribution in [0.5, 0.6) is 0 Å². The van der Waals surface area contributed by atoms with Gasteiger partial charge in [-0.25, -0.2) is 5.06 Å². The minimum absolute atomic E-state index is 0.200. The van der Waals surface area contributed by atoms with Crippen LogP contribution in [0, 0.1) is 0 Å². The molecule has 2 aliphatic rings. The quantitative estimate of drug-likeness (QED) is 0.579. The second kappa shape index (κ2) is 4.10. The average Bonchev–Trinajstić information content (AvgIpc) is 2.70. The predicted octanol–water partition coefficient (Wildman–Crippen LogP) is 0.966. The molecule has 1 aromatic carbocycles. The van der Waals surface area contributed by atoms with Crippen molar-refractivity contribution in [2.24, 2.45) is 0 Å². The highest BCUT2D eigenvalue weighted by Crippen LogP contribution is 2.32. The molecule has 98 valence electrons. The molecular formula is C13H13N3O3. The summed E-state index contributed by atoms with van der Waals surface area (Å²) in [5, 5.41) is 11.1. The third kappa shape index (κ3) is 1.77. The second-order valence-corrected chi connectivity index (χ2v) is 4.59. The number of nitrogen functional groups attached to an aromatic ring is 1. The van der Waals surface area contributed by atoms with E-state index in [4.69, 9.17) is 5.73 Å². The number of hydrogen-bond acceptors (Lipinski definition) is 5. The lowest BCUT2D eigenvalue weighted by Crippen LogP contribution is -2.49. The van der Waals surface area contributed by atoms with Crippen LogP contribution in [-0.4, -0.2) is 28.1 Å². The smallest absolute Gasteiger partial charge is 0.231 e. The first-order chi connectivity index (χ1) is 9.08. The Labute approximate surface area is 109 Å². The summed E-state index contributed by atoms with van der Waals surface area (Å²) in [6.07, 6.45) is 2.99. The molecule has 1 atom stereocenters. The molecule has 19 heavy (non-hydrogen) atoms. The number of hydrogen-bond donors (Lipinski definition) is 2. The number of anilines is 2. The number of nitrogens with two attached hydrogens (primary N) is 1. The molecule has 6 heteroatoms. The Bertz CT molecular complexity index is 581. The molecule has 0 bridgehead atoms. The topological polar surface area (TPSA) is 86.9 Å². The van der Waals surface area contributed by atoms with Gasteiger partial charge in [-0.1, -0.05) is 6.08 Å². The molecule has 1 saturated heterocycles. The number of carbonyl (C=O) groups is 2. The van der Waals surface area contributed by atoms with Crippen molar-refractivity contribution in [3.8, 4) is 0 Å². The fourth-order valence-corrected chi connectivity index (χ4v) is 2.41. The van der Waals surface area contributed by atoms with Gasteiger partial charge in [0.2, 0.25) is 11.8 Å². The number of fused-ring (bicyclic) bond motifs is 1. The number of amides is 2. The van der Waals surface area contributed by atoms with Gasteiger partial charge in [-0.15, -0.1) is 0 Å². The van der Waals surface area contributed by atoms with E-state index >= 15 is 0 Å². The molecule has 2 heterocycles. The number of carbonyl (C=O) groups excluding carboxylic acids is 2. The minimum atomic E-state index is -0.779. The first kappa shape index (κ1) is 11.7. The van der Waals surface area contributed by atoms with Gasteiger partial charge in [0.05, 0.1) is 5.69 Å². The standard InChI is InChI=1S/C13H13N3O3/c14-9-2-3-10-8(7-9)1-4-11(16(10)19)15-12(17)5-6-13(15)18/h1-4,7,11,19H,5-6,14H2. The molecular weight excluding hydrogens is 246 g/mol. The summed E-state index contributed by atoms with van der Waals surface area (Å²) in [4.78, 5) is 24.5. The Morgan fingerprint density at radius 3 is 2.58 bits per heavy atom. The van der Waals surface area contributed by atoms with Gasteiger partial charge in [0.1, 0.15) is 0 Å². The van der Waals surface area contributed by atoms with E-state index < -0.39 is 6.17 Å². The van der Waals surface area contributed by atoms with Crippen LogP contribution in [0.1, 0.15) is 18.4 Å². The summed E-state index contributed by atoms with van der Waals surface area (Å²) in [6, 6.07) is 5.04. The Balaban J connectivity index is 1.98. The molecule has 2 aliphatic heterocycles. The molecule has 6 nitrogen and oxygen atoms in total. The summed E-state index contributed by atoms with van der Waals surface area (Å²) in [6.45, 7) is 0. The van der Waals surface area contributed by atoms with E-state index in [1.807, 2.05) is 0 Å². The van der Waals surface area contributed by atoms with Crippen molar-refractivity contribution in [3.63, 3.8) is 0 Å². The lowest BCUT2D eigenvalue weighted by atomic mass is 10.1. The van der Waals surface area contributed by atoms with E-state index in [0.717, 1.165) is 15.5 Å². The van der Waals surface area contributed by atoms with E-state index in [1.165, 1.54) is 0 Å². The zero-order chi connectivity index (χ0) is 13.6. The second-order valence-electron chi connectivity index (χ2n) is 4.59. The Morgan fingerprint density at radius 2 is 1.89 bits per heavy atom. The van der Waals surface area contributed by atoms with Gasteiger partial charge in [0, 0.05) is 24.1 Å². The number of nitrogens with zero attached hydrogens (tertiary/aromatic N) is 2. The summed E-state index contributed by atoms with van der Waals surface area (Å²) in [7, 11) is 0. The normalized spacial score (nSPS) is 22.1. The van der Waals surface area contributed by atoms with Crippen LogP contribution in [-0.2, 0) is 9.59 Å². The van der Waals surface area contributed by atoms with Crippen molar-refractivity contribution in [3.05, 3.63) is 29.8 Å². The molecule has 3 rings (SSSR count). The molecule has 2 amide bonds. The molecule has 1 aromatic rings. The van der Waals surface area contributed by atoms with Gasteiger partial charge in [-0.05, 0) is 24.3 Å². The van der Waals surface area contributed by atoms with E-state index in [0.29, 0.717) is 11.4 Å². The van der Waals surface area contributed by atoms with Gasteiger partial charge in [-0.2, -0.15) is 0 Å². The molecule has 0 aliphatic carbocycles. The molecule has 1 unspecified atom stereocenters. The fourth-order valence-electron chi connectivity index (χ4n) is 2.41. The van der Waals surface area contributed by atoms with Crippen molar-refractivity contribution in [2.45, 2.75) is 19.0 Å². The van der Waals surface area contributed by atoms with E-state index in [-0.39, 0.29) is 24.7 Å². The molecule has 3 N–H and O–H groups in total. The first-order valence-electron chi connectivity index (χ1n) is 5.98. The van der Waals surface area contributed by atoms with Gasteiger partial charge in [0.15, 0.2) is 6.17 Å². The maximum absolute atomic E-state index is 11.7. The molecule has 1 fully saturated rings. The average molecular weight is 259 g/mol. The molecule has 0 aromatic heterocycles. The van der Waals surface area contributed by atoms with E-state index in [2.05, 4.69) is 0 Å². The fraction of sp³-hybridized carbons (Fsp3) is 0.231. The van der Waals surface area contributed by atoms with Crippen molar-refractivity contribution in [2.75, 3.05) is 10.8 Å². The third-order valence-electron chi connectivity index (χ3n) is 3.35. The van der Waals surface area contributed by atoms with Crippen LogP contribution in [0.3, 0.4) is 0 Å². The maximum Gasteiger partial charge on any atom is 0.231 e. The largest absolute Gasteiger partial charge is 0.399 e. The van der Waals surface area contributed by atoms with Crippen LogP contribution in [0.4, 0.5) is 11.4 Å². The maximum atomic E-state index is 11.7. The van der Waals surface area contributed by atoms with Crippen molar-refractivity contribution in [1.82, 2.24) is 4.90 Å². The van der Waals surface area contributed by atoms with Gasteiger partial charge in [0.25, 0.3) is 0 Å². The highest BCUT2D eigenvalue weighted by molar-refractivity contribution is 6.03. The lowest BCUT2D eigenvalue weighted by Gasteiger charge is -2.34. The Morgan fingerprint density at radius 1 is 1.21 bits per heavy atom. The number of imide groups is 1. The van der Waals surface area contributed by atoms with Crippen molar-refractivity contribution < 1.29 is 14.8 Å². The van der Waals surface area contributed by atoms with Crippen LogP contribution >= 0.6 is 0 Å². The monoisotopic (exact) mass is 259 g/mol. The molecule has 0 saturated carbocycles. The third-order valence-corrected chi connectivity index (χ3v) is 3.35. The van der Waals surface area contributed by atoms with Gasteiger partial charge < -0.3 is 5.73 Å². The summed E-state index contributed by atoms with van der Waals surface area (Å²) in [5.74, 6) is -0.532. The van der Waals surface area contributed by atoms with Crippen LogP contribution < -0.4 is 10.8 Å². The highest BCUT2D eigenvalue weighted by atomic mass is 16.5. The SMILES string of the molecule is Nc1ccc2c(c1)C=CC(N1C(=O)CCC1=O)N2O. The van der Waals surface area contributed by atoms with Crippen LogP contribution in [0.2, 0.25) is 0 Å². The Hall–Kier alpha value is -2.34. The zero-order valence-corrected chi connectivity index (χ0v) is 10.1. The summed E-state index contributed by atoms with van der Waals surface area (Å²) in [5.41, 5.74) is 7.53. The molecule has 0 spiro atoms. The number of hydroxylamine groups is 1. The number of likely N-dealkylation sites (tertiary alicyclic amines) is 1. The zero-order valence-electron chi connectivity index (χ0n) is 10.1. The van der Waals surface area contributed by atoms with Crippen LogP contribution in [0.25, 0.3) is 6.08 Å². The summed E-state index contributed by atoms with van der Waals surface area (Å²) >= 11 is 0. The lowest BCUT2D eigenvalue weighted by molar-refractivity contribution is -0.141. The van der Waals surface area contributed by atoms with E-state index in [9.17, 15) is 14.8 Å². The van der Waals surface area contributed by atoms with Crippen molar-refractivity contribution in [1.29, 1.82) is 0 Å². The van der Waals surface area contributed by atoms with Crippen LogP contribution in [0.15, 0.2) is 24.3 Å². The number of benzene rings is 1. The van der Waals surface area contributed by atoms with Gasteiger partial charge in [-0.3, -0.25) is 19.7 Å². The van der Waals surface area contributed by atoms with Gasteiger partial charge >= 0.3 is 0 Å². The van der Waals surface area contributed by atoms with Crippen molar-refractivity contribution >= 4 is 29.3 Å². The highest BCUT2D eigenvalue weighted by Gasteiger charge is 2.38. The first-order valence-corrected chi connectivity index (χ1v) is 5.98. The Kier molecular flexibility index (Phi) is 2.53. The molecule has 0 radical (unpaired) electrons.